The summed E-state index contributed by atoms with van der Waals surface area (Å²) < 4.78 is 28.7. The first kappa shape index (κ1) is 24.2. The number of likely N-dealkylation sites (tertiary alicyclic amines) is 1. The van der Waals surface area contributed by atoms with Crippen molar-refractivity contribution in [3.8, 4) is 0 Å². The molecule has 9 heteroatoms. The summed E-state index contributed by atoms with van der Waals surface area (Å²) in [5, 5.41) is 0. The Morgan fingerprint density at radius 2 is 1.58 bits per heavy atom. The Morgan fingerprint density at radius 1 is 0.909 bits per heavy atom. The Labute approximate surface area is 197 Å². The van der Waals surface area contributed by atoms with Gasteiger partial charge in [-0.15, -0.1) is 0 Å². The Balaban J connectivity index is 1.37. The number of hydrogen-bond acceptors (Lipinski definition) is 5. The van der Waals surface area contributed by atoms with Crippen LogP contribution in [0.2, 0.25) is 0 Å². The lowest BCUT2D eigenvalue weighted by atomic mass is 9.96. The third-order valence-electron chi connectivity index (χ3n) is 7.15. The molecule has 0 bridgehead atoms. The molecule has 2 saturated heterocycles. The van der Waals surface area contributed by atoms with E-state index in [1.54, 1.807) is 17.0 Å². The summed E-state index contributed by atoms with van der Waals surface area (Å²) in [6, 6.07) is 4.79. The molecule has 0 unspecified atom stereocenters. The Morgan fingerprint density at radius 3 is 2.24 bits per heavy atom. The predicted molar refractivity (Wildman–Crippen MR) is 127 cm³/mol. The molecule has 2 amide bonds. The number of nitrogens with zero attached hydrogens (tertiary/aromatic N) is 3. The van der Waals surface area contributed by atoms with Crippen LogP contribution in [0.25, 0.3) is 0 Å². The summed E-state index contributed by atoms with van der Waals surface area (Å²) in [5.41, 5.74) is 1.20. The molecule has 3 fully saturated rings. The van der Waals surface area contributed by atoms with E-state index in [9.17, 15) is 18.0 Å². The largest absolute Gasteiger partial charge is 0.342 e. The summed E-state index contributed by atoms with van der Waals surface area (Å²) in [6.07, 6.45) is 7.13. The monoisotopic (exact) mass is 476 g/mol. The zero-order chi connectivity index (χ0) is 23.4. The third-order valence-corrected chi connectivity index (χ3v) is 8.67. The summed E-state index contributed by atoms with van der Waals surface area (Å²) in [7, 11) is -3.66. The van der Waals surface area contributed by atoms with E-state index < -0.39 is 10.0 Å². The first-order valence-corrected chi connectivity index (χ1v) is 13.7. The van der Waals surface area contributed by atoms with Gasteiger partial charge < -0.3 is 9.80 Å². The molecule has 3 aliphatic rings. The molecule has 4 rings (SSSR count). The van der Waals surface area contributed by atoms with E-state index >= 15 is 0 Å². The lowest BCUT2D eigenvalue weighted by Gasteiger charge is -2.35. The molecule has 0 atom stereocenters. The lowest BCUT2D eigenvalue weighted by molar-refractivity contribution is -0.131. The quantitative estimate of drug-likeness (QED) is 0.678. The SMILES string of the molecule is Cc1ccc(S(=O)(=O)NC2CCCCC2)cc1C(=O)N1CCN(CC(=O)N2CCCC2)CC1. The minimum atomic E-state index is -3.66. The predicted octanol–water partition coefficient (Wildman–Crippen LogP) is 1.99. The van der Waals surface area contributed by atoms with E-state index in [0.717, 1.165) is 63.6 Å². The number of hydrogen-bond donors (Lipinski definition) is 1. The van der Waals surface area contributed by atoms with Crippen LogP contribution in [-0.2, 0) is 14.8 Å². The fraction of sp³-hybridized carbons (Fsp3) is 0.667. The molecule has 0 aromatic heterocycles. The fourth-order valence-electron chi connectivity index (χ4n) is 5.04. The second-order valence-electron chi connectivity index (χ2n) is 9.59. The Hall–Kier alpha value is -1.97. The Bertz CT molecular complexity index is 961. The van der Waals surface area contributed by atoms with E-state index in [2.05, 4.69) is 9.62 Å². The molecule has 1 aromatic carbocycles. The molecule has 0 radical (unpaired) electrons. The summed E-state index contributed by atoms with van der Waals surface area (Å²) in [5.74, 6) is 0.0271. The molecular formula is C24H36N4O4S. The number of sulfonamides is 1. The fourth-order valence-corrected chi connectivity index (χ4v) is 6.37. The van der Waals surface area contributed by atoms with Gasteiger partial charge in [0.25, 0.3) is 5.91 Å². The molecule has 1 aromatic rings. The molecule has 33 heavy (non-hydrogen) atoms. The lowest BCUT2D eigenvalue weighted by Crippen LogP contribution is -2.51. The zero-order valence-corrected chi connectivity index (χ0v) is 20.4. The van der Waals surface area contributed by atoms with Crippen molar-refractivity contribution in [2.75, 3.05) is 45.8 Å². The minimum Gasteiger partial charge on any atom is -0.342 e. The van der Waals surface area contributed by atoms with E-state index in [-0.39, 0.29) is 22.8 Å². The van der Waals surface area contributed by atoms with Gasteiger partial charge in [-0.2, -0.15) is 0 Å². The van der Waals surface area contributed by atoms with Gasteiger partial charge in [0.1, 0.15) is 0 Å². The minimum absolute atomic E-state index is 0.0273. The van der Waals surface area contributed by atoms with Crippen molar-refractivity contribution in [3.63, 3.8) is 0 Å². The van der Waals surface area contributed by atoms with Crippen LogP contribution >= 0.6 is 0 Å². The summed E-state index contributed by atoms with van der Waals surface area (Å²) in [4.78, 5) is 31.6. The van der Waals surface area contributed by atoms with Crippen molar-refractivity contribution in [3.05, 3.63) is 29.3 Å². The number of rotatable bonds is 6. The molecule has 1 aliphatic carbocycles. The molecule has 1 saturated carbocycles. The van der Waals surface area contributed by atoms with Gasteiger partial charge in [-0.3, -0.25) is 14.5 Å². The average Bonchev–Trinajstić information content (AvgIpc) is 3.35. The highest BCUT2D eigenvalue weighted by molar-refractivity contribution is 7.89. The van der Waals surface area contributed by atoms with E-state index in [1.807, 2.05) is 11.8 Å². The van der Waals surface area contributed by atoms with Gasteiger partial charge in [0.15, 0.2) is 0 Å². The van der Waals surface area contributed by atoms with Crippen LogP contribution in [0, 0.1) is 6.92 Å². The van der Waals surface area contributed by atoms with Crippen LogP contribution in [0.1, 0.15) is 60.9 Å². The molecule has 1 N–H and O–H groups in total. The molecular weight excluding hydrogens is 440 g/mol. The molecule has 8 nitrogen and oxygen atoms in total. The van der Waals surface area contributed by atoms with Gasteiger partial charge in [0, 0.05) is 50.9 Å². The van der Waals surface area contributed by atoms with Gasteiger partial charge in [0.2, 0.25) is 15.9 Å². The number of carbonyl (C=O) groups excluding carboxylic acids is 2. The van der Waals surface area contributed by atoms with Gasteiger partial charge in [-0.25, -0.2) is 13.1 Å². The van der Waals surface area contributed by atoms with Crippen LogP contribution in [0.5, 0.6) is 0 Å². The highest BCUT2D eigenvalue weighted by Crippen LogP contribution is 2.22. The van der Waals surface area contributed by atoms with Crippen LogP contribution in [-0.4, -0.2) is 86.8 Å². The molecule has 2 heterocycles. The highest BCUT2D eigenvalue weighted by Gasteiger charge is 2.28. The van der Waals surface area contributed by atoms with Crippen molar-refractivity contribution >= 4 is 21.8 Å². The smallest absolute Gasteiger partial charge is 0.254 e. The second-order valence-corrected chi connectivity index (χ2v) is 11.3. The zero-order valence-electron chi connectivity index (χ0n) is 19.6. The van der Waals surface area contributed by atoms with Gasteiger partial charge in [-0.05, 0) is 50.3 Å². The van der Waals surface area contributed by atoms with Crippen molar-refractivity contribution in [2.45, 2.75) is 62.8 Å². The number of piperazine rings is 1. The van der Waals surface area contributed by atoms with Gasteiger partial charge in [-0.1, -0.05) is 25.3 Å². The average molecular weight is 477 g/mol. The number of carbonyl (C=O) groups is 2. The number of benzene rings is 1. The van der Waals surface area contributed by atoms with Crippen molar-refractivity contribution in [2.24, 2.45) is 0 Å². The maximum atomic E-state index is 13.2. The number of aryl methyl sites for hydroxylation is 1. The van der Waals surface area contributed by atoms with Crippen LogP contribution in [0.3, 0.4) is 0 Å². The topological polar surface area (TPSA) is 90.0 Å². The number of nitrogens with one attached hydrogen (secondary N) is 1. The van der Waals surface area contributed by atoms with Crippen LogP contribution < -0.4 is 4.72 Å². The maximum Gasteiger partial charge on any atom is 0.254 e. The van der Waals surface area contributed by atoms with Gasteiger partial charge >= 0.3 is 0 Å². The third kappa shape index (κ3) is 5.94. The summed E-state index contributed by atoms with van der Waals surface area (Å²) in [6.45, 7) is 6.30. The van der Waals surface area contributed by atoms with Crippen molar-refractivity contribution < 1.29 is 18.0 Å². The maximum absolute atomic E-state index is 13.2. The van der Waals surface area contributed by atoms with Crippen LogP contribution in [0.15, 0.2) is 23.1 Å². The normalized spacial score (nSPS) is 20.9. The van der Waals surface area contributed by atoms with Crippen molar-refractivity contribution in [1.29, 1.82) is 0 Å². The van der Waals surface area contributed by atoms with Gasteiger partial charge in [0.05, 0.1) is 11.4 Å². The van der Waals surface area contributed by atoms with E-state index in [4.69, 9.17) is 0 Å². The second kappa shape index (κ2) is 10.5. The summed E-state index contributed by atoms with van der Waals surface area (Å²) >= 11 is 0. The first-order chi connectivity index (χ1) is 15.8. The van der Waals surface area contributed by atoms with E-state index in [0.29, 0.717) is 38.3 Å². The van der Waals surface area contributed by atoms with Crippen molar-refractivity contribution in [1.82, 2.24) is 19.4 Å². The van der Waals surface area contributed by atoms with Crippen LogP contribution in [0.4, 0.5) is 0 Å². The molecule has 0 spiro atoms. The molecule has 2 aliphatic heterocycles. The first-order valence-electron chi connectivity index (χ1n) is 12.3. The highest BCUT2D eigenvalue weighted by atomic mass is 32.2. The standard InChI is InChI=1S/C24H36N4O4S/c1-19-9-10-21(33(31,32)25-20-7-3-2-4-8-20)17-22(19)24(30)28-15-13-26(14-16-28)18-23(29)27-11-5-6-12-27/h9-10,17,20,25H,2-8,11-16,18H2,1H3. The van der Waals surface area contributed by atoms with E-state index in [1.165, 1.54) is 6.07 Å². The molecule has 182 valence electrons. The number of amides is 2. The Kier molecular flexibility index (Phi) is 7.71.